The number of nitrogens with one attached hydrogen (secondary N) is 1. The van der Waals surface area contributed by atoms with Gasteiger partial charge in [0, 0.05) is 24.4 Å². The predicted octanol–water partition coefficient (Wildman–Crippen LogP) is 3.12. The van der Waals surface area contributed by atoms with Crippen molar-refractivity contribution in [1.29, 1.82) is 0 Å². The second kappa shape index (κ2) is 6.97. The van der Waals surface area contributed by atoms with Crippen LogP contribution >= 0.6 is 15.9 Å². The van der Waals surface area contributed by atoms with E-state index in [0.29, 0.717) is 12.0 Å². The first-order chi connectivity index (χ1) is 7.69. The lowest BCUT2D eigenvalue weighted by molar-refractivity contribution is 0.426. The van der Waals surface area contributed by atoms with E-state index in [1.807, 2.05) is 12.4 Å². The molecular formula is C12H20BrN3. The molecule has 4 heteroatoms. The molecule has 16 heavy (non-hydrogen) atoms. The molecule has 0 radical (unpaired) electrons. The fourth-order valence-electron chi connectivity index (χ4n) is 1.74. The minimum atomic E-state index is 0.352. The fraction of sp³-hybridized carbons (Fsp3) is 0.667. The molecule has 1 aromatic heterocycles. The molecule has 0 aliphatic heterocycles. The summed E-state index contributed by atoms with van der Waals surface area (Å²) >= 11 is 3.35. The predicted molar refractivity (Wildman–Crippen MR) is 70.5 cm³/mol. The molecule has 1 aromatic rings. The van der Waals surface area contributed by atoms with Crippen molar-refractivity contribution in [2.45, 2.75) is 45.6 Å². The Bertz CT molecular complexity index is 300. The number of hydrogen-bond acceptors (Lipinski definition) is 3. The Hall–Kier alpha value is -0.480. The zero-order valence-corrected chi connectivity index (χ0v) is 11.8. The molecule has 1 heterocycles. The van der Waals surface area contributed by atoms with Crippen LogP contribution in [0.15, 0.2) is 16.9 Å². The molecule has 0 saturated heterocycles. The lowest BCUT2D eigenvalue weighted by Gasteiger charge is -2.22. The van der Waals surface area contributed by atoms with Crippen LogP contribution in [0.2, 0.25) is 0 Å². The van der Waals surface area contributed by atoms with E-state index in [1.54, 1.807) is 0 Å². The maximum atomic E-state index is 4.36. The average Bonchev–Trinajstić information content (AvgIpc) is 2.30. The van der Waals surface area contributed by atoms with E-state index in [0.717, 1.165) is 29.7 Å². The van der Waals surface area contributed by atoms with E-state index in [-0.39, 0.29) is 0 Å². The van der Waals surface area contributed by atoms with Crippen molar-refractivity contribution in [3.63, 3.8) is 0 Å². The second-order valence-corrected chi connectivity index (χ2v) is 4.93. The quantitative estimate of drug-likeness (QED) is 0.873. The molecule has 0 bridgehead atoms. The van der Waals surface area contributed by atoms with Crippen molar-refractivity contribution in [3.05, 3.63) is 22.7 Å². The molecule has 3 nitrogen and oxygen atoms in total. The molecular weight excluding hydrogens is 266 g/mol. The highest BCUT2D eigenvalue weighted by Crippen LogP contribution is 2.18. The first-order valence-corrected chi connectivity index (χ1v) is 6.69. The van der Waals surface area contributed by atoms with Crippen LogP contribution in [0, 0.1) is 0 Å². The zero-order valence-electron chi connectivity index (χ0n) is 10.2. The van der Waals surface area contributed by atoms with Crippen molar-refractivity contribution in [3.8, 4) is 0 Å². The van der Waals surface area contributed by atoms with Gasteiger partial charge in [-0.2, -0.15) is 0 Å². The van der Waals surface area contributed by atoms with Crippen molar-refractivity contribution < 1.29 is 0 Å². The average molecular weight is 286 g/mol. The number of halogens is 1. The van der Waals surface area contributed by atoms with E-state index < -0.39 is 0 Å². The van der Waals surface area contributed by atoms with Crippen LogP contribution in [0.3, 0.4) is 0 Å². The minimum Gasteiger partial charge on any atom is -0.313 e. The van der Waals surface area contributed by atoms with E-state index >= 15 is 0 Å². The maximum Gasteiger partial charge on any atom is 0.132 e. The molecule has 90 valence electrons. The van der Waals surface area contributed by atoms with Gasteiger partial charge >= 0.3 is 0 Å². The lowest BCUT2D eigenvalue weighted by Crippen LogP contribution is -2.34. The number of nitrogens with zero attached hydrogens (tertiary/aromatic N) is 2. The lowest BCUT2D eigenvalue weighted by atomic mass is 9.98. The molecule has 2 atom stereocenters. The van der Waals surface area contributed by atoms with Gasteiger partial charge in [0.15, 0.2) is 0 Å². The molecule has 0 aliphatic carbocycles. The third-order valence-corrected chi connectivity index (χ3v) is 3.16. The highest BCUT2D eigenvalue weighted by Gasteiger charge is 2.18. The molecule has 0 aliphatic rings. The molecule has 0 aromatic carbocycles. The van der Waals surface area contributed by atoms with Gasteiger partial charge in [-0.3, -0.25) is 0 Å². The zero-order chi connectivity index (χ0) is 12.0. The van der Waals surface area contributed by atoms with Crippen molar-refractivity contribution in [2.75, 3.05) is 6.54 Å². The van der Waals surface area contributed by atoms with Gasteiger partial charge in [-0.15, -0.1) is 0 Å². The van der Waals surface area contributed by atoms with Crippen molar-refractivity contribution in [1.82, 2.24) is 15.3 Å². The molecule has 1 rings (SSSR count). The standard InChI is InChI=1S/C12H20BrN3/c1-4-6-14-11(5-2)9(3)12-15-7-10(13)8-16-12/h7-9,11,14H,4-6H2,1-3H3. The number of hydrogen-bond donors (Lipinski definition) is 1. The van der Waals surface area contributed by atoms with Crippen LogP contribution in [0.1, 0.15) is 45.4 Å². The van der Waals surface area contributed by atoms with Crippen LogP contribution in [-0.4, -0.2) is 22.6 Å². The summed E-state index contributed by atoms with van der Waals surface area (Å²) in [6.07, 6.45) is 5.88. The summed E-state index contributed by atoms with van der Waals surface area (Å²) in [5.74, 6) is 1.27. The Morgan fingerprint density at radius 1 is 1.31 bits per heavy atom. The SMILES string of the molecule is CCCNC(CC)C(C)c1ncc(Br)cn1. The molecule has 1 N–H and O–H groups in total. The van der Waals surface area contributed by atoms with Gasteiger partial charge in [0.1, 0.15) is 5.82 Å². The minimum absolute atomic E-state index is 0.352. The maximum absolute atomic E-state index is 4.36. The second-order valence-electron chi connectivity index (χ2n) is 4.02. The number of aromatic nitrogens is 2. The first kappa shape index (κ1) is 13.6. The largest absolute Gasteiger partial charge is 0.313 e. The van der Waals surface area contributed by atoms with Gasteiger partial charge in [0.2, 0.25) is 0 Å². The van der Waals surface area contributed by atoms with E-state index in [9.17, 15) is 0 Å². The monoisotopic (exact) mass is 285 g/mol. The van der Waals surface area contributed by atoms with Gasteiger partial charge < -0.3 is 5.32 Å². The summed E-state index contributed by atoms with van der Waals surface area (Å²) in [6, 6.07) is 0.459. The van der Waals surface area contributed by atoms with E-state index in [4.69, 9.17) is 0 Å². The van der Waals surface area contributed by atoms with Crippen LogP contribution < -0.4 is 5.32 Å². The smallest absolute Gasteiger partial charge is 0.132 e. The third-order valence-electron chi connectivity index (χ3n) is 2.75. The Labute approximate surface area is 106 Å². The van der Waals surface area contributed by atoms with Gasteiger partial charge in [-0.05, 0) is 35.3 Å². The van der Waals surface area contributed by atoms with Crippen LogP contribution in [0.5, 0.6) is 0 Å². The summed E-state index contributed by atoms with van der Waals surface area (Å²) in [5.41, 5.74) is 0. The van der Waals surface area contributed by atoms with Gasteiger partial charge in [0.05, 0.1) is 4.47 Å². The molecule has 0 amide bonds. The van der Waals surface area contributed by atoms with Crippen LogP contribution in [0.25, 0.3) is 0 Å². The van der Waals surface area contributed by atoms with Crippen molar-refractivity contribution >= 4 is 15.9 Å². The molecule has 0 spiro atoms. The Morgan fingerprint density at radius 2 is 1.94 bits per heavy atom. The normalized spacial score (nSPS) is 14.8. The van der Waals surface area contributed by atoms with Crippen molar-refractivity contribution in [2.24, 2.45) is 0 Å². The van der Waals surface area contributed by atoms with Gasteiger partial charge in [0.25, 0.3) is 0 Å². The summed E-state index contributed by atoms with van der Waals surface area (Å²) < 4.78 is 0.929. The highest BCUT2D eigenvalue weighted by atomic mass is 79.9. The van der Waals surface area contributed by atoms with E-state index in [1.165, 1.54) is 0 Å². The summed E-state index contributed by atoms with van der Waals surface area (Å²) in [7, 11) is 0. The van der Waals surface area contributed by atoms with Gasteiger partial charge in [-0.25, -0.2) is 9.97 Å². The summed E-state index contributed by atoms with van der Waals surface area (Å²) in [6.45, 7) is 7.61. The Kier molecular flexibility index (Phi) is 5.91. The molecule has 0 saturated carbocycles. The fourth-order valence-corrected chi connectivity index (χ4v) is 1.95. The topological polar surface area (TPSA) is 37.8 Å². The highest BCUT2D eigenvalue weighted by molar-refractivity contribution is 9.10. The number of rotatable bonds is 6. The summed E-state index contributed by atoms with van der Waals surface area (Å²) in [4.78, 5) is 8.71. The first-order valence-electron chi connectivity index (χ1n) is 5.89. The Balaban J connectivity index is 2.66. The summed E-state index contributed by atoms with van der Waals surface area (Å²) in [5, 5.41) is 3.54. The third kappa shape index (κ3) is 3.83. The van der Waals surface area contributed by atoms with Crippen LogP contribution in [0.4, 0.5) is 0 Å². The Morgan fingerprint density at radius 3 is 2.44 bits per heavy atom. The molecule has 2 unspecified atom stereocenters. The van der Waals surface area contributed by atoms with Crippen LogP contribution in [-0.2, 0) is 0 Å². The van der Waals surface area contributed by atoms with E-state index in [2.05, 4.69) is 52.0 Å². The molecule has 0 fully saturated rings. The van der Waals surface area contributed by atoms with Gasteiger partial charge in [-0.1, -0.05) is 20.8 Å².